The summed E-state index contributed by atoms with van der Waals surface area (Å²) < 4.78 is 0. The van der Waals surface area contributed by atoms with Crippen molar-refractivity contribution in [1.82, 2.24) is 15.5 Å². The number of amides is 2. The maximum absolute atomic E-state index is 11.7. The monoisotopic (exact) mass is 227 g/mol. The smallest absolute Gasteiger partial charge is 0.241 e. The minimum atomic E-state index is -0.0785. The Hall–Kier alpha value is -1.10. The predicted molar refractivity (Wildman–Crippen MR) is 61.8 cm³/mol. The Balaban J connectivity index is 2.32. The van der Waals surface area contributed by atoms with Crippen molar-refractivity contribution in [3.05, 3.63) is 0 Å². The summed E-state index contributed by atoms with van der Waals surface area (Å²) in [6.45, 7) is 3.90. The lowest BCUT2D eigenvalue weighted by Gasteiger charge is -2.26. The quantitative estimate of drug-likeness (QED) is 0.679. The summed E-state index contributed by atoms with van der Waals surface area (Å²) in [6.07, 6.45) is 0.898. The van der Waals surface area contributed by atoms with Crippen LogP contribution in [0.2, 0.25) is 0 Å². The van der Waals surface area contributed by atoms with Gasteiger partial charge in [0.1, 0.15) is 0 Å². The Kier molecular flexibility index (Phi) is 4.73. The molecule has 1 rings (SSSR count). The molecule has 2 unspecified atom stereocenters. The average molecular weight is 227 g/mol. The third-order valence-electron chi connectivity index (χ3n) is 2.85. The molecule has 0 aromatic rings. The molecule has 0 bridgehead atoms. The van der Waals surface area contributed by atoms with Crippen molar-refractivity contribution in [1.29, 1.82) is 0 Å². The van der Waals surface area contributed by atoms with Crippen molar-refractivity contribution in [2.24, 2.45) is 11.8 Å². The van der Waals surface area contributed by atoms with Gasteiger partial charge in [-0.2, -0.15) is 0 Å². The molecule has 5 nitrogen and oxygen atoms in total. The van der Waals surface area contributed by atoms with Gasteiger partial charge in [0.05, 0.1) is 12.5 Å². The molecule has 2 amide bonds. The molecule has 2 N–H and O–H groups in total. The van der Waals surface area contributed by atoms with E-state index in [1.54, 1.807) is 14.1 Å². The number of piperidine rings is 1. The molecular weight excluding hydrogens is 206 g/mol. The first-order valence-corrected chi connectivity index (χ1v) is 5.69. The SMILES string of the molecule is CC1CNCC(C(=O)NCC(=O)N(C)C)C1. The molecule has 0 radical (unpaired) electrons. The third kappa shape index (κ3) is 3.81. The van der Waals surface area contributed by atoms with Crippen LogP contribution in [0.5, 0.6) is 0 Å². The predicted octanol–water partition coefficient (Wildman–Crippen LogP) is -0.564. The Morgan fingerprint density at radius 1 is 1.38 bits per heavy atom. The number of nitrogens with one attached hydrogen (secondary N) is 2. The standard InChI is InChI=1S/C11H21N3O2/c1-8-4-9(6-12-5-8)11(16)13-7-10(15)14(2)3/h8-9,12H,4-7H2,1-3H3,(H,13,16). The molecule has 1 fully saturated rings. The number of rotatable bonds is 3. The van der Waals surface area contributed by atoms with Crippen molar-refractivity contribution in [2.45, 2.75) is 13.3 Å². The van der Waals surface area contributed by atoms with Gasteiger partial charge in [-0.25, -0.2) is 0 Å². The molecule has 0 aromatic heterocycles. The first kappa shape index (κ1) is 13.0. The second kappa shape index (κ2) is 5.84. The van der Waals surface area contributed by atoms with Crippen molar-refractivity contribution in [2.75, 3.05) is 33.7 Å². The molecule has 0 aliphatic carbocycles. The van der Waals surface area contributed by atoms with E-state index in [0.29, 0.717) is 12.5 Å². The Bertz CT molecular complexity index is 266. The Morgan fingerprint density at radius 2 is 2.06 bits per heavy atom. The lowest BCUT2D eigenvalue weighted by molar-refractivity contribution is -0.132. The largest absolute Gasteiger partial charge is 0.347 e. The van der Waals surface area contributed by atoms with Crippen LogP contribution in [-0.4, -0.2) is 50.4 Å². The van der Waals surface area contributed by atoms with Gasteiger partial charge in [-0.15, -0.1) is 0 Å². The van der Waals surface area contributed by atoms with E-state index in [0.717, 1.165) is 13.0 Å². The van der Waals surface area contributed by atoms with E-state index in [4.69, 9.17) is 0 Å². The highest BCUT2D eigenvalue weighted by atomic mass is 16.2. The van der Waals surface area contributed by atoms with E-state index < -0.39 is 0 Å². The van der Waals surface area contributed by atoms with Crippen molar-refractivity contribution >= 4 is 11.8 Å². The highest BCUT2D eigenvalue weighted by Gasteiger charge is 2.24. The van der Waals surface area contributed by atoms with Gasteiger partial charge in [0.25, 0.3) is 0 Å². The van der Waals surface area contributed by atoms with Crippen molar-refractivity contribution in [3.63, 3.8) is 0 Å². The van der Waals surface area contributed by atoms with Crippen molar-refractivity contribution in [3.8, 4) is 0 Å². The maximum atomic E-state index is 11.7. The van der Waals surface area contributed by atoms with Crippen LogP contribution in [0, 0.1) is 11.8 Å². The lowest BCUT2D eigenvalue weighted by atomic mass is 9.91. The number of hydrogen-bond acceptors (Lipinski definition) is 3. The van der Waals surface area contributed by atoms with E-state index >= 15 is 0 Å². The normalized spacial score (nSPS) is 24.9. The molecule has 1 heterocycles. The van der Waals surface area contributed by atoms with Crippen LogP contribution in [0.3, 0.4) is 0 Å². The van der Waals surface area contributed by atoms with Crippen LogP contribution in [-0.2, 0) is 9.59 Å². The number of hydrogen-bond donors (Lipinski definition) is 2. The second-order valence-electron chi connectivity index (χ2n) is 4.70. The Labute approximate surface area is 96.6 Å². The number of nitrogens with zero attached hydrogens (tertiary/aromatic N) is 1. The lowest BCUT2D eigenvalue weighted by Crippen LogP contribution is -2.45. The fourth-order valence-corrected chi connectivity index (χ4v) is 1.82. The minimum absolute atomic E-state index is 0.00119. The molecular formula is C11H21N3O2. The first-order valence-electron chi connectivity index (χ1n) is 5.69. The molecule has 0 aromatic carbocycles. The van der Waals surface area contributed by atoms with Crippen LogP contribution in [0.25, 0.3) is 0 Å². The number of carbonyl (C=O) groups is 2. The van der Waals surface area contributed by atoms with Crippen LogP contribution < -0.4 is 10.6 Å². The van der Waals surface area contributed by atoms with Gasteiger partial charge in [-0.3, -0.25) is 9.59 Å². The fraction of sp³-hybridized carbons (Fsp3) is 0.818. The average Bonchev–Trinajstić information content (AvgIpc) is 2.25. The van der Waals surface area contributed by atoms with Crippen molar-refractivity contribution < 1.29 is 9.59 Å². The zero-order valence-corrected chi connectivity index (χ0v) is 10.2. The van der Waals surface area contributed by atoms with Gasteiger partial charge in [0, 0.05) is 20.6 Å². The first-order chi connectivity index (χ1) is 7.50. The highest BCUT2D eigenvalue weighted by molar-refractivity contribution is 5.85. The molecule has 1 aliphatic heterocycles. The van der Waals surface area contributed by atoms with Gasteiger partial charge in [-0.05, 0) is 18.9 Å². The summed E-state index contributed by atoms with van der Waals surface area (Å²) in [5.74, 6) is 0.423. The second-order valence-corrected chi connectivity index (χ2v) is 4.70. The van der Waals surface area contributed by atoms with Crippen LogP contribution in [0.1, 0.15) is 13.3 Å². The summed E-state index contributed by atoms with van der Waals surface area (Å²) in [5, 5.41) is 5.90. The van der Waals surface area contributed by atoms with E-state index in [1.807, 2.05) is 0 Å². The summed E-state index contributed by atoms with van der Waals surface area (Å²) in [6, 6.07) is 0. The van der Waals surface area contributed by atoms with Gasteiger partial charge < -0.3 is 15.5 Å². The van der Waals surface area contributed by atoms with Crippen LogP contribution in [0.15, 0.2) is 0 Å². The van der Waals surface area contributed by atoms with Gasteiger partial charge >= 0.3 is 0 Å². The molecule has 1 saturated heterocycles. The van der Waals surface area contributed by atoms with Crippen LogP contribution >= 0.6 is 0 Å². The van der Waals surface area contributed by atoms with E-state index in [2.05, 4.69) is 17.6 Å². The molecule has 1 aliphatic rings. The summed E-state index contributed by atoms with van der Waals surface area (Å²) >= 11 is 0. The van der Waals surface area contributed by atoms with E-state index in [9.17, 15) is 9.59 Å². The Morgan fingerprint density at radius 3 is 2.62 bits per heavy atom. The third-order valence-corrected chi connectivity index (χ3v) is 2.85. The molecule has 92 valence electrons. The van der Waals surface area contributed by atoms with E-state index in [1.165, 1.54) is 4.90 Å². The van der Waals surface area contributed by atoms with E-state index in [-0.39, 0.29) is 24.3 Å². The summed E-state index contributed by atoms with van der Waals surface area (Å²) in [5.41, 5.74) is 0. The molecule has 5 heteroatoms. The van der Waals surface area contributed by atoms with Gasteiger partial charge in [-0.1, -0.05) is 6.92 Å². The molecule has 16 heavy (non-hydrogen) atoms. The summed E-state index contributed by atoms with van der Waals surface area (Å²) in [4.78, 5) is 24.5. The highest BCUT2D eigenvalue weighted by Crippen LogP contribution is 2.15. The molecule has 2 atom stereocenters. The molecule has 0 spiro atoms. The van der Waals surface area contributed by atoms with Gasteiger partial charge in [0.15, 0.2) is 0 Å². The maximum Gasteiger partial charge on any atom is 0.241 e. The van der Waals surface area contributed by atoms with Crippen LogP contribution in [0.4, 0.5) is 0 Å². The van der Waals surface area contributed by atoms with Gasteiger partial charge in [0.2, 0.25) is 11.8 Å². The zero-order chi connectivity index (χ0) is 12.1. The minimum Gasteiger partial charge on any atom is -0.347 e. The molecule has 0 saturated carbocycles. The zero-order valence-electron chi connectivity index (χ0n) is 10.2. The fourth-order valence-electron chi connectivity index (χ4n) is 1.82. The number of carbonyl (C=O) groups excluding carboxylic acids is 2. The topological polar surface area (TPSA) is 61.4 Å². The number of likely N-dealkylation sites (N-methyl/N-ethyl adjacent to an activating group) is 1. The summed E-state index contributed by atoms with van der Waals surface area (Å²) in [7, 11) is 3.36.